The highest BCUT2D eigenvalue weighted by Crippen LogP contribution is 2.39. The minimum Gasteiger partial charge on any atom is -0.488 e. The molecule has 194 valence electrons. The van der Waals surface area contributed by atoms with E-state index in [2.05, 4.69) is 44.2 Å². The van der Waals surface area contributed by atoms with Crippen molar-refractivity contribution in [2.45, 2.75) is 82.5 Å². The highest BCUT2D eigenvalue weighted by atomic mass is 32.2. The Labute approximate surface area is 219 Å². The van der Waals surface area contributed by atoms with Crippen LogP contribution in [0.2, 0.25) is 18.1 Å². The normalized spacial score (nSPS) is 18.9. The number of benzene rings is 2. The first-order valence-corrected chi connectivity index (χ1v) is 17.0. The van der Waals surface area contributed by atoms with Gasteiger partial charge in [-0.1, -0.05) is 32.9 Å². The molecule has 8 heteroatoms. The van der Waals surface area contributed by atoms with Crippen LogP contribution in [0, 0.1) is 5.82 Å². The number of fused-ring (bicyclic) bond motifs is 1. The minimum absolute atomic E-state index is 0.138. The second-order valence-corrected chi connectivity index (χ2v) is 16.8. The lowest BCUT2D eigenvalue weighted by Crippen LogP contribution is -2.45. The molecule has 1 heterocycles. The summed E-state index contributed by atoms with van der Waals surface area (Å²) < 4.78 is 27.2. The van der Waals surface area contributed by atoms with E-state index in [0.717, 1.165) is 53.7 Å². The van der Waals surface area contributed by atoms with Gasteiger partial charge in [-0.3, -0.25) is 0 Å². The van der Waals surface area contributed by atoms with Gasteiger partial charge in [-0.2, -0.15) is 11.8 Å². The van der Waals surface area contributed by atoms with Gasteiger partial charge in [-0.15, -0.1) is 0 Å². The Morgan fingerprint density at radius 2 is 1.81 bits per heavy atom. The zero-order valence-corrected chi connectivity index (χ0v) is 24.0. The van der Waals surface area contributed by atoms with Gasteiger partial charge in [0.25, 0.3) is 0 Å². The molecule has 36 heavy (non-hydrogen) atoms. The van der Waals surface area contributed by atoms with Crippen molar-refractivity contribution in [3.8, 4) is 5.75 Å². The Morgan fingerprint density at radius 1 is 1.08 bits per heavy atom. The highest BCUT2D eigenvalue weighted by molar-refractivity contribution is 7.97. The van der Waals surface area contributed by atoms with E-state index in [-0.39, 0.29) is 17.0 Å². The Balaban J connectivity index is 1.45. The maximum Gasteiger partial charge on any atom is 0.227 e. The number of ether oxygens (including phenoxy) is 1. The quantitative estimate of drug-likeness (QED) is 0.299. The van der Waals surface area contributed by atoms with Gasteiger partial charge in [0.05, 0.1) is 6.10 Å². The largest absolute Gasteiger partial charge is 0.488 e. The van der Waals surface area contributed by atoms with Crippen molar-refractivity contribution in [1.29, 1.82) is 0 Å². The third-order valence-corrected chi connectivity index (χ3v) is 12.4. The van der Waals surface area contributed by atoms with Gasteiger partial charge >= 0.3 is 0 Å². The van der Waals surface area contributed by atoms with E-state index >= 15 is 0 Å². The summed E-state index contributed by atoms with van der Waals surface area (Å²) in [5.74, 6) is 1.65. The number of nitrogens with zero attached hydrogens (tertiary/aromatic N) is 2. The molecule has 1 aliphatic carbocycles. The molecule has 0 saturated heterocycles. The molecule has 0 spiro atoms. The van der Waals surface area contributed by atoms with Crippen molar-refractivity contribution in [1.82, 2.24) is 9.97 Å². The Hall–Kier alpha value is -2.16. The maximum atomic E-state index is 14.1. The summed E-state index contributed by atoms with van der Waals surface area (Å²) in [4.78, 5) is 9.18. The Bertz CT molecular complexity index is 1190. The average Bonchev–Trinajstić information content (AvgIpc) is 2.80. The van der Waals surface area contributed by atoms with Gasteiger partial charge in [0.1, 0.15) is 17.1 Å². The van der Waals surface area contributed by atoms with Crippen LogP contribution in [0.5, 0.6) is 5.75 Å². The first-order valence-electron chi connectivity index (χ1n) is 12.7. The maximum absolute atomic E-state index is 14.1. The van der Waals surface area contributed by atoms with Gasteiger partial charge < -0.3 is 14.5 Å². The van der Waals surface area contributed by atoms with Gasteiger partial charge in [0.2, 0.25) is 5.95 Å². The van der Waals surface area contributed by atoms with E-state index in [9.17, 15) is 4.39 Å². The molecule has 1 aromatic heterocycles. The summed E-state index contributed by atoms with van der Waals surface area (Å²) in [5.41, 5.74) is 2.31. The van der Waals surface area contributed by atoms with E-state index in [4.69, 9.17) is 14.1 Å². The summed E-state index contributed by atoms with van der Waals surface area (Å²) in [7, 11) is -1.76. The predicted molar refractivity (Wildman–Crippen MR) is 151 cm³/mol. The van der Waals surface area contributed by atoms with E-state index in [0.29, 0.717) is 17.7 Å². The summed E-state index contributed by atoms with van der Waals surface area (Å²) in [6.45, 7) is 11.5. The number of thioether (sulfide) groups is 1. The van der Waals surface area contributed by atoms with Crippen LogP contribution in [0.4, 0.5) is 16.0 Å². The van der Waals surface area contributed by atoms with Crippen molar-refractivity contribution in [3.05, 3.63) is 54.0 Å². The predicted octanol–water partition coefficient (Wildman–Crippen LogP) is 8.09. The molecule has 1 saturated carbocycles. The molecular weight excluding hydrogens is 489 g/mol. The second-order valence-electron chi connectivity index (χ2n) is 11.2. The van der Waals surface area contributed by atoms with E-state index in [1.54, 1.807) is 24.0 Å². The van der Waals surface area contributed by atoms with E-state index in [1.807, 2.05) is 30.5 Å². The second kappa shape index (κ2) is 11.1. The van der Waals surface area contributed by atoms with Gasteiger partial charge in [-0.05, 0) is 79.9 Å². The average molecular weight is 528 g/mol. The number of para-hydroxylation sites is 1. The molecule has 0 radical (unpaired) electrons. The van der Waals surface area contributed by atoms with Crippen molar-refractivity contribution in [2.75, 3.05) is 11.6 Å². The molecule has 0 aliphatic heterocycles. The van der Waals surface area contributed by atoms with Crippen LogP contribution in [0.25, 0.3) is 10.9 Å². The molecule has 1 N–H and O–H groups in total. The topological polar surface area (TPSA) is 56.3 Å². The molecule has 1 fully saturated rings. The molecule has 1 aliphatic rings. The zero-order valence-electron chi connectivity index (χ0n) is 22.2. The van der Waals surface area contributed by atoms with Crippen LogP contribution in [-0.2, 0) is 10.2 Å². The number of rotatable bonds is 8. The third kappa shape index (κ3) is 6.58. The highest BCUT2D eigenvalue weighted by Gasteiger charge is 2.40. The third-order valence-electron chi connectivity index (χ3n) is 7.28. The fraction of sp³-hybridized carbons (Fsp3) is 0.500. The number of aromatic nitrogens is 2. The molecule has 0 unspecified atom stereocenters. The SMILES string of the molecule is CSCc1cc(F)cc(Nc2ncc3cccc(O[C@H]4CC[C@@H](O[Si](C)(C)C(C)(C)C)CC4)c3n2)c1. The van der Waals surface area contributed by atoms with Crippen molar-refractivity contribution < 1.29 is 13.6 Å². The number of hydrogen-bond acceptors (Lipinski definition) is 6. The zero-order chi connectivity index (χ0) is 25.9. The van der Waals surface area contributed by atoms with Crippen LogP contribution in [-0.4, -0.2) is 36.7 Å². The van der Waals surface area contributed by atoms with Crippen LogP contribution in [0.15, 0.2) is 42.6 Å². The Kier molecular flexibility index (Phi) is 8.27. The lowest BCUT2D eigenvalue weighted by Gasteiger charge is -2.41. The summed E-state index contributed by atoms with van der Waals surface area (Å²) in [6, 6.07) is 10.9. The standard InChI is InChI=1S/C28H38FN3O2SSi/c1-28(2,3)36(5,6)34-24-12-10-23(11-13-24)33-25-9-7-8-20-17-30-27(32-26(20)25)31-22-15-19(18-35-4)14-21(29)16-22/h7-9,14-17,23-24H,10-13,18H2,1-6H3,(H,30,31,32)/t23-,24+. The van der Waals surface area contributed by atoms with Crippen molar-refractivity contribution in [2.24, 2.45) is 0 Å². The number of halogens is 1. The van der Waals surface area contributed by atoms with Crippen molar-refractivity contribution >= 4 is 42.6 Å². The molecule has 0 atom stereocenters. The van der Waals surface area contributed by atoms with Crippen LogP contribution in [0.3, 0.4) is 0 Å². The van der Waals surface area contributed by atoms with Crippen molar-refractivity contribution in [3.63, 3.8) is 0 Å². The minimum atomic E-state index is -1.76. The Morgan fingerprint density at radius 3 is 2.50 bits per heavy atom. The van der Waals surface area contributed by atoms with Gasteiger partial charge in [-0.25, -0.2) is 14.4 Å². The molecular formula is C28H38FN3O2SSi. The van der Waals surface area contributed by atoms with Gasteiger partial charge in [0.15, 0.2) is 8.32 Å². The molecule has 5 nitrogen and oxygen atoms in total. The summed E-state index contributed by atoms with van der Waals surface area (Å²) >= 11 is 1.65. The summed E-state index contributed by atoms with van der Waals surface area (Å²) in [6.07, 6.45) is 8.20. The first kappa shape index (κ1) is 26.9. The van der Waals surface area contributed by atoms with E-state index < -0.39 is 8.32 Å². The summed E-state index contributed by atoms with van der Waals surface area (Å²) in [5, 5.41) is 4.30. The van der Waals surface area contributed by atoms with Crippen LogP contribution >= 0.6 is 11.8 Å². The molecule has 4 rings (SSSR count). The fourth-order valence-corrected chi connectivity index (χ4v) is 6.25. The number of nitrogens with one attached hydrogen (secondary N) is 1. The van der Waals surface area contributed by atoms with Crippen LogP contribution < -0.4 is 10.1 Å². The smallest absolute Gasteiger partial charge is 0.227 e. The molecule has 0 bridgehead atoms. The fourth-order valence-electron chi connectivity index (χ4n) is 4.33. The number of hydrogen-bond donors (Lipinski definition) is 1. The lowest BCUT2D eigenvalue weighted by molar-refractivity contribution is 0.0732. The first-order chi connectivity index (χ1) is 17.0. The van der Waals surface area contributed by atoms with E-state index in [1.165, 1.54) is 6.07 Å². The lowest BCUT2D eigenvalue weighted by atomic mass is 9.95. The molecule has 3 aromatic rings. The van der Waals surface area contributed by atoms with Crippen LogP contribution in [0.1, 0.15) is 52.0 Å². The number of anilines is 2. The molecule has 2 aromatic carbocycles. The monoisotopic (exact) mass is 527 g/mol. The molecule has 0 amide bonds. The van der Waals surface area contributed by atoms with Gasteiger partial charge in [0, 0.05) is 29.1 Å².